The summed E-state index contributed by atoms with van der Waals surface area (Å²) in [7, 11) is -1.75. The first-order valence-corrected chi connectivity index (χ1v) is 7.41. The van der Waals surface area contributed by atoms with E-state index in [0.717, 1.165) is 0 Å². The fraction of sp³-hybridized carbons (Fsp3) is 0.600. The van der Waals surface area contributed by atoms with E-state index in [1.807, 2.05) is 0 Å². The summed E-state index contributed by atoms with van der Waals surface area (Å²) in [6.07, 6.45) is 1.60. The van der Waals surface area contributed by atoms with Crippen molar-refractivity contribution in [2.24, 2.45) is 0 Å². The summed E-state index contributed by atoms with van der Waals surface area (Å²) in [4.78, 5) is 15.4. The zero-order valence-electron chi connectivity index (χ0n) is 10.6. The Bertz CT molecular complexity index is 548. The molecule has 1 aromatic heterocycles. The highest BCUT2D eigenvalue weighted by Gasteiger charge is 2.19. The molecule has 0 spiro atoms. The van der Waals surface area contributed by atoms with Gasteiger partial charge in [0.1, 0.15) is 21.5 Å². The van der Waals surface area contributed by atoms with E-state index < -0.39 is 15.8 Å². The number of anilines is 1. The molecule has 2 N–H and O–H groups in total. The highest BCUT2D eigenvalue weighted by Crippen LogP contribution is 2.15. The first-order valence-electron chi connectivity index (χ1n) is 5.35. The summed E-state index contributed by atoms with van der Waals surface area (Å²) in [6, 6.07) is 0. The van der Waals surface area contributed by atoms with E-state index in [1.54, 1.807) is 11.5 Å². The second kappa shape index (κ2) is 5.38. The smallest absolute Gasteiger partial charge is 0.360 e. The molecule has 0 saturated carbocycles. The van der Waals surface area contributed by atoms with Crippen molar-refractivity contribution in [3.8, 4) is 0 Å². The third kappa shape index (κ3) is 3.46. The van der Waals surface area contributed by atoms with Gasteiger partial charge in [-0.25, -0.2) is 18.2 Å². The normalized spacial score (nSPS) is 11.5. The molecule has 8 heteroatoms. The summed E-state index contributed by atoms with van der Waals surface area (Å²) in [5.74, 6) is 0.226. The van der Waals surface area contributed by atoms with Crippen LogP contribution in [0.1, 0.15) is 22.7 Å². The minimum Gasteiger partial charge on any atom is -0.464 e. The van der Waals surface area contributed by atoms with Crippen LogP contribution < -0.4 is 5.73 Å². The molecule has 18 heavy (non-hydrogen) atoms. The maximum atomic E-state index is 11.4. The zero-order valence-corrected chi connectivity index (χ0v) is 11.5. The van der Waals surface area contributed by atoms with Gasteiger partial charge in [-0.05, 0) is 13.3 Å². The number of methoxy groups -OCH3 is 1. The number of aryl methyl sites for hydroxylation is 1. The highest BCUT2D eigenvalue weighted by atomic mass is 32.2. The number of sulfone groups is 1. The Labute approximate surface area is 106 Å². The van der Waals surface area contributed by atoms with Crippen LogP contribution in [-0.2, 0) is 21.1 Å². The number of aromatic nitrogens is 2. The Morgan fingerprint density at radius 2 is 2.11 bits per heavy atom. The van der Waals surface area contributed by atoms with E-state index in [1.165, 1.54) is 13.4 Å². The first-order chi connectivity index (χ1) is 8.26. The molecular formula is C10H17N3O4S. The first kappa shape index (κ1) is 14.5. The summed E-state index contributed by atoms with van der Waals surface area (Å²) in [6.45, 7) is 2.10. The van der Waals surface area contributed by atoms with Crippen LogP contribution in [0.5, 0.6) is 0 Å². The van der Waals surface area contributed by atoms with Crippen molar-refractivity contribution in [1.29, 1.82) is 0 Å². The van der Waals surface area contributed by atoms with Crippen LogP contribution in [0.15, 0.2) is 0 Å². The lowest BCUT2D eigenvalue weighted by Crippen LogP contribution is -2.11. The molecule has 0 aliphatic carbocycles. The summed E-state index contributed by atoms with van der Waals surface area (Å²) in [5, 5.41) is 0. The van der Waals surface area contributed by atoms with Crippen molar-refractivity contribution in [3.63, 3.8) is 0 Å². The van der Waals surface area contributed by atoms with Crippen LogP contribution in [0.25, 0.3) is 0 Å². The molecule has 1 heterocycles. The monoisotopic (exact) mass is 275 g/mol. The van der Waals surface area contributed by atoms with Gasteiger partial charge in [-0.2, -0.15) is 0 Å². The summed E-state index contributed by atoms with van der Waals surface area (Å²) < 4.78 is 28.2. The molecule has 0 fully saturated rings. The fourth-order valence-corrected chi connectivity index (χ4v) is 2.25. The molecule has 0 aromatic carbocycles. The van der Waals surface area contributed by atoms with Crippen LogP contribution >= 0.6 is 0 Å². The van der Waals surface area contributed by atoms with Crippen LogP contribution in [-0.4, -0.2) is 43.1 Å². The molecule has 0 atom stereocenters. The summed E-state index contributed by atoms with van der Waals surface area (Å²) >= 11 is 0. The van der Waals surface area contributed by atoms with Crippen molar-refractivity contribution in [3.05, 3.63) is 11.5 Å². The number of hydrogen-bond acceptors (Lipinski definition) is 6. The third-order valence-corrected chi connectivity index (χ3v) is 3.50. The lowest BCUT2D eigenvalue weighted by Gasteiger charge is -2.06. The van der Waals surface area contributed by atoms with Gasteiger partial charge >= 0.3 is 5.97 Å². The Morgan fingerprint density at radius 3 is 2.61 bits per heavy atom. The molecule has 0 aliphatic heterocycles. The molecule has 1 rings (SSSR count). The predicted molar refractivity (Wildman–Crippen MR) is 67.0 cm³/mol. The van der Waals surface area contributed by atoms with Gasteiger partial charge in [0.15, 0.2) is 5.69 Å². The van der Waals surface area contributed by atoms with E-state index in [4.69, 9.17) is 5.73 Å². The van der Waals surface area contributed by atoms with Crippen molar-refractivity contribution < 1.29 is 17.9 Å². The van der Waals surface area contributed by atoms with Crippen molar-refractivity contribution >= 4 is 21.6 Å². The van der Waals surface area contributed by atoms with E-state index >= 15 is 0 Å². The number of rotatable bonds is 5. The quantitative estimate of drug-likeness (QED) is 0.758. The van der Waals surface area contributed by atoms with Gasteiger partial charge in [-0.1, -0.05) is 0 Å². The number of carbonyl (C=O) groups excluding carboxylic acids is 1. The second-order valence-electron chi connectivity index (χ2n) is 4.02. The fourth-order valence-electron chi connectivity index (χ4n) is 1.60. The molecule has 0 aliphatic rings. The lowest BCUT2D eigenvalue weighted by molar-refractivity contribution is 0.0595. The molecule has 0 amide bonds. The molecule has 1 aromatic rings. The van der Waals surface area contributed by atoms with Crippen molar-refractivity contribution in [2.75, 3.05) is 24.9 Å². The van der Waals surface area contributed by atoms with E-state index in [2.05, 4.69) is 9.72 Å². The Kier molecular flexibility index (Phi) is 4.33. The number of esters is 1. The van der Waals surface area contributed by atoms with Gasteiger partial charge in [-0.3, -0.25) is 0 Å². The van der Waals surface area contributed by atoms with E-state index in [9.17, 15) is 13.2 Å². The SMILES string of the molecule is COC(=O)c1nc(C)n(CCCS(C)(=O)=O)c1N. The lowest BCUT2D eigenvalue weighted by atomic mass is 10.4. The number of carbonyl (C=O) groups is 1. The van der Waals surface area contributed by atoms with Gasteiger partial charge in [0.2, 0.25) is 0 Å². The summed E-state index contributed by atoms with van der Waals surface area (Å²) in [5.41, 5.74) is 5.84. The van der Waals surface area contributed by atoms with Crippen molar-refractivity contribution in [1.82, 2.24) is 9.55 Å². The molecule has 7 nitrogen and oxygen atoms in total. The van der Waals surface area contributed by atoms with Crippen LogP contribution in [0.3, 0.4) is 0 Å². The minimum atomic E-state index is -3.00. The van der Waals surface area contributed by atoms with Crippen LogP contribution in [0.2, 0.25) is 0 Å². The van der Waals surface area contributed by atoms with Gasteiger partial charge in [0.05, 0.1) is 12.9 Å². The number of nitrogen functional groups attached to an aromatic ring is 1. The van der Waals surface area contributed by atoms with Gasteiger partial charge in [0, 0.05) is 12.8 Å². The molecular weight excluding hydrogens is 258 g/mol. The van der Waals surface area contributed by atoms with Gasteiger partial charge in [-0.15, -0.1) is 0 Å². The largest absolute Gasteiger partial charge is 0.464 e. The molecule has 0 saturated heterocycles. The number of ether oxygens (including phenoxy) is 1. The van der Waals surface area contributed by atoms with E-state index in [0.29, 0.717) is 18.8 Å². The van der Waals surface area contributed by atoms with E-state index in [-0.39, 0.29) is 17.3 Å². The number of nitrogens with zero attached hydrogens (tertiary/aromatic N) is 2. The Morgan fingerprint density at radius 1 is 1.50 bits per heavy atom. The zero-order chi connectivity index (χ0) is 13.9. The Hall–Kier alpha value is -1.57. The molecule has 102 valence electrons. The molecule has 0 bridgehead atoms. The topological polar surface area (TPSA) is 104 Å². The molecule has 0 unspecified atom stereocenters. The van der Waals surface area contributed by atoms with Gasteiger partial charge < -0.3 is 15.0 Å². The third-order valence-electron chi connectivity index (χ3n) is 2.47. The van der Waals surface area contributed by atoms with Gasteiger partial charge in [0.25, 0.3) is 0 Å². The highest BCUT2D eigenvalue weighted by molar-refractivity contribution is 7.90. The maximum Gasteiger partial charge on any atom is 0.360 e. The number of imidazole rings is 1. The molecule has 0 radical (unpaired) electrons. The standard InChI is InChI=1S/C10H17N3O4S/c1-7-12-8(10(14)17-2)9(11)13(7)5-4-6-18(3,15)16/h4-6,11H2,1-3H3. The average Bonchev–Trinajstić information content (AvgIpc) is 2.54. The average molecular weight is 275 g/mol. The van der Waals surface area contributed by atoms with Crippen LogP contribution in [0, 0.1) is 6.92 Å². The predicted octanol–water partition coefficient (Wildman–Crippen LogP) is -0.00498. The van der Waals surface area contributed by atoms with Crippen LogP contribution in [0.4, 0.5) is 5.82 Å². The minimum absolute atomic E-state index is 0.0642. The number of hydrogen-bond donors (Lipinski definition) is 1. The number of nitrogens with two attached hydrogens (primary N) is 1. The Balaban J connectivity index is 2.84. The second-order valence-corrected chi connectivity index (χ2v) is 6.28. The van der Waals surface area contributed by atoms with Crippen molar-refractivity contribution in [2.45, 2.75) is 19.9 Å². The maximum absolute atomic E-state index is 11.4.